The molecule has 0 atom stereocenters. The van der Waals surface area contributed by atoms with Crippen molar-refractivity contribution in [3.05, 3.63) is 35.6 Å². The van der Waals surface area contributed by atoms with Gasteiger partial charge in [0.25, 0.3) is 0 Å². The van der Waals surface area contributed by atoms with Gasteiger partial charge in [-0.25, -0.2) is 4.79 Å². The highest BCUT2D eigenvalue weighted by Crippen LogP contribution is 2.09. The average molecular weight is 226 g/mol. The molecule has 0 saturated carbocycles. The lowest BCUT2D eigenvalue weighted by atomic mass is 10.2. The van der Waals surface area contributed by atoms with Gasteiger partial charge in [0, 0.05) is 11.6 Å². The maximum absolute atomic E-state index is 10.4. The zero-order valence-electron chi connectivity index (χ0n) is 8.86. The van der Waals surface area contributed by atoms with Gasteiger partial charge in [-0.05, 0) is 31.8 Å². The van der Waals surface area contributed by atoms with Crippen LogP contribution in [0.15, 0.2) is 35.6 Å². The van der Waals surface area contributed by atoms with Gasteiger partial charge in [-0.15, -0.1) is 8.86 Å². The predicted molar refractivity (Wildman–Crippen MR) is 64.6 cm³/mol. The van der Waals surface area contributed by atoms with Gasteiger partial charge in [0.05, 0.1) is 6.61 Å². The monoisotopic (exact) mass is 226 g/mol. The van der Waals surface area contributed by atoms with Crippen molar-refractivity contribution in [2.24, 2.45) is 0 Å². The van der Waals surface area contributed by atoms with Gasteiger partial charge < -0.3 is 9.84 Å². The topological polar surface area (TPSA) is 46.5 Å². The number of aliphatic carboxylic acids is 1. The van der Waals surface area contributed by atoms with E-state index in [9.17, 15) is 4.79 Å². The Balaban J connectivity index is 5.03. The van der Waals surface area contributed by atoms with Crippen molar-refractivity contribution in [1.82, 2.24) is 0 Å². The van der Waals surface area contributed by atoms with E-state index in [1.54, 1.807) is 11.9 Å². The molecule has 3 nitrogen and oxygen atoms in total. The summed E-state index contributed by atoms with van der Waals surface area (Å²) in [4.78, 5) is 10.4. The molecule has 0 spiro atoms. The average Bonchev–Trinajstić information content (AvgIpc) is 2.19. The van der Waals surface area contributed by atoms with Gasteiger partial charge >= 0.3 is 5.97 Å². The third-order valence-corrected chi connectivity index (χ3v) is 1.77. The van der Waals surface area contributed by atoms with E-state index >= 15 is 0 Å². The molecule has 0 bridgehead atoms. The molecule has 0 aromatic rings. The van der Waals surface area contributed by atoms with Crippen molar-refractivity contribution in [2.75, 3.05) is 6.61 Å². The van der Waals surface area contributed by atoms with E-state index in [1.807, 2.05) is 19.9 Å². The van der Waals surface area contributed by atoms with Crippen molar-refractivity contribution in [3.8, 4) is 0 Å². The largest absolute Gasteiger partial charge is 0.493 e. The number of carboxylic acids is 1. The Morgan fingerprint density at radius 2 is 2.07 bits per heavy atom. The number of rotatable bonds is 6. The predicted octanol–water partition coefficient (Wildman–Crippen LogP) is 2.44. The Hall–Kier alpha value is -1.34. The molecule has 0 radical (unpaired) electrons. The highest BCUT2D eigenvalue weighted by atomic mass is 31.0. The fourth-order valence-corrected chi connectivity index (χ4v) is 1.14. The Kier molecular flexibility index (Phi) is 7.29. The molecule has 15 heavy (non-hydrogen) atoms. The molecule has 4 heteroatoms. The van der Waals surface area contributed by atoms with Crippen molar-refractivity contribution in [2.45, 2.75) is 13.8 Å². The lowest BCUT2D eigenvalue weighted by molar-refractivity contribution is -0.131. The lowest BCUT2D eigenvalue weighted by Gasteiger charge is -2.06. The van der Waals surface area contributed by atoms with E-state index in [-0.39, 0.29) is 0 Å². The van der Waals surface area contributed by atoms with Crippen LogP contribution >= 0.6 is 8.86 Å². The summed E-state index contributed by atoms with van der Waals surface area (Å²) in [5, 5.41) is 8.50. The Labute approximate surface area is 92.0 Å². The van der Waals surface area contributed by atoms with E-state index in [2.05, 4.69) is 8.86 Å². The molecule has 0 unspecified atom stereocenters. The Morgan fingerprint density at radius 3 is 2.47 bits per heavy atom. The smallest absolute Gasteiger partial charge is 0.328 e. The van der Waals surface area contributed by atoms with Crippen LogP contribution in [0.3, 0.4) is 0 Å². The minimum absolute atomic E-state index is 0.532. The second-order valence-electron chi connectivity index (χ2n) is 2.57. The van der Waals surface area contributed by atoms with Crippen molar-refractivity contribution >= 4 is 20.6 Å². The van der Waals surface area contributed by atoms with Crippen molar-refractivity contribution < 1.29 is 14.6 Å². The number of allylic oxidation sites excluding steroid dienone is 4. The molecule has 82 valence electrons. The van der Waals surface area contributed by atoms with E-state index in [0.717, 1.165) is 6.08 Å². The molecular weight excluding hydrogens is 211 g/mol. The first-order chi connectivity index (χ1) is 7.15. The van der Waals surface area contributed by atoms with Gasteiger partial charge in [-0.3, -0.25) is 0 Å². The zero-order chi connectivity index (χ0) is 11.7. The third kappa shape index (κ3) is 5.87. The molecule has 0 heterocycles. The normalized spacial score (nSPS) is 12.9. The van der Waals surface area contributed by atoms with Crippen LogP contribution < -0.4 is 0 Å². The second-order valence-corrected chi connectivity index (χ2v) is 2.86. The standard InChI is InChI=1S/C11H15O3P/c1-3-5-10(14-4-2)9(8-15)6-7-11(12)13/h3,5-8,15H,4H2,1-2H3,(H,12,13)/b5-3-,7-6+,10-9+. The highest BCUT2D eigenvalue weighted by Gasteiger charge is 1.99. The first-order valence-corrected chi connectivity index (χ1v) is 5.14. The second kappa shape index (κ2) is 8.01. The minimum Gasteiger partial charge on any atom is -0.493 e. The molecule has 0 aliphatic heterocycles. The first kappa shape index (κ1) is 13.7. The maximum Gasteiger partial charge on any atom is 0.328 e. The molecule has 0 rings (SSSR count). The fourth-order valence-electron chi connectivity index (χ4n) is 0.897. The Morgan fingerprint density at radius 1 is 1.40 bits per heavy atom. The number of hydrogen-bond acceptors (Lipinski definition) is 2. The van der Waals surface area contributed by atoms with Crippen LogP contribution in [0.5, 0.6) is 0 Å². The van der Waals surface area contributed by atoms with Crippen LogP contribution in [0.4, 0.5) is 0 Å². The number of hydrogen-bond donors (Lipinski definition) is 1. The van der Waals surface area contributed by atoms with Crippen LogP contribution in [0, 0.1) is 0 Å². The Bertz CT molecular complexity index is 314. The SMILES string of the molecule is C\C=C/C(OCC)=C(C=P)/C=C/C(=O)O. The summed E-state index contributed by atoms with van der Waals surface area (Å²) in [5.41, 5.74) is 0.675. The van der Waals surface area contributed by atoms with Crippen LogP contribution in [0.2, 0.25) is 0 Å². The van der Waals surface area contributed by atoms with Gasteiger partial charge in [-0.1, -0.05) is 6.08 Å². The molecule has 0 aromatic heterocycles. The molecule has 0 aliphatic carbocycles. The van der Waals surface area contributed by atoms with Gasteiger partial charge in [0.2, 0.25) is 0 Å². The summed E-state index contributed by atoms with van der Waals surface area (Å²) in [5.74, 6) is 1.26. The maximum atomic E-state index is 10.4. The highest BCUT2D eigenvalue weighted by molar-refractivity contribution is 7.19. The molecule has 0 amide bonds. The van der Waals surface area contributed by atoms with E-state index in [4.69, 9.17) is 9.84 Å². The van der Waals surface area contributed by atoms with Gasteiger partial charge in [0.15, 0.2) is 0 Å². The molecule has 1 N–H and O–H groups in total. The first-order valence-electron chi connectivity index (χ1n) is 4.57. The molecule has 0 saturated heterocycles. The summed E-state index contributed by atoms with van der Waals surface area (Å²) in [7, 11) is 3.21. The van der Waals surface area contributed by atoms with Crippen LogP contribution in [0.25, 0.3) is 0 Å². The summed E-state index contributed by atoms with van der Waals surface area (Å²) in [6, 6.07) is 0. The minimum atomic E-state index is -0.989. The van der Waals surface area contributed by atoms with E-state index in [0.29, 0.717) is 17.9 Å². The zero-order valence-corrected chi connectivity index (χ0v) is 9.86. The number of carbonyl (C=O) groups is 1. The summed E-state index contributed by atoms with van der Waals surface area (Å²) >= 11 is 0. The quantitative estimate of drug-likeness (QED) is 0.327. The molecule has 0 aliphatic rings. The van der Waals surface area contributed by atoms with Gasteiger partial charge in [-0.2, -0.15) is 0 Å². The van der Waals surface area contributed by atoms with Crippen LogP contribution in [0.1, 0.15) is 13.8 Å². The van der Waals surface area contributed by atoms with Crippen LogP contribution in [-0.2, 0) is 9.53 Å². The van der Waals surface area contributed by atoms with Gasteiger partial charge in [0.1, 0.15) is 5.76 Å². The number of ether oxygens (including phenoxy) is 1. The summed E-state index contributed by atoms with van der Waals surface area (Å²) in [6.45, 7) is 4.27. The van der Waals surface area contributed by atoms with Crippen LogP contribution in [-0.4, -0.2) is 23.5 Å². The fraction of sp³-hybridized carbons (Fsp3) is 0.273. The van der Waals surface area contributed by atoms with E-state index in [1.165, 1.54) is 6.08 Å². The molecule has 0 fully saturated rings. The molecule has 0 aromatic carbocycles. The lowest BCUT2D eigenvalue weighted by Crippen LogP contribution is -1.95. The molecular formula is C11H15O3P. The summed E-state index contributed by atoms with van der Waals surface area (Å²) in [6.07, 6.45) is 6.14. The third-order valence-electron chi connectivity index (χ3n) is 1.46. The van der Waals surface area contributed by atoms with E-state index < -0.39 is 5.97 Å². The number of carboxylic acid groups (broad SMARTS) is 1. The van der Waals surface area contributed by atoms with Crippen molar-refractivity contribution in [1.29, 1.82) is 0 Å². The summed E-state index contributed by atoms with van der Waals surface area (Å²) < 4.78 is 5.35. The van der Waals surface area contributed by atoms with Crippen molar-refractivity contribution in [3.63, 3.8) is 0 Å².